The number of rotatable bonds is 1. The molecule has 1 heterocycles. The van der Waals surface area contributed by atoms with Crippen LogP contribution >= 0.6 is 0 Å². The summed E-state index contributed by atoms with van der Waals surface area (Å²) in [6.07, 6.45) is 5.76. The summed E-state index contributed by atoms with van der Waals surface area (Å²) in [6, 6.07) is 0. The lowest BCUT2D eigenvalue weighted by atomic mass is 10.7. The molecule has 0 fully saturated rings. The van der Waals surface area contributed by atoms with Gasteiger partial charge in [0.2, 0.25) is 0 Å². The summed E-state index contributed by atoms with van der Waals surface area (Å²) in [5.74, 6) is 0. The van der Waals surface area contributed by atoms with E-state index < -0.39 is 9.84 Å². The molecule has 5 heteroatoms. The van der Waals surface area contributed by atoms with Crippen molar-refractivity contribution in [3.05, 3.63) is 18.7 Å². The van der Waals surface area contributed by atoms with Crippen molar-refractivity contribution in [3.8, 4) is 0 Å². The van der Waals surface area contributed by atoms with Gasteiger partial charge in [0, 0.05) is 18.6 Å². The van der Waals surface area contributed by atoms with Crippen molar-refractivity contribution in [2.45, 2.75) is 4.90 Å². The number of hydrogen-bond donors (Lipinski definition) is 0. The van der Waals surface area contributed by atoms with Gasteiger partial charge in [-0.1, -0.05) is 0 Å². The second kappa shape index (κ2) is 2.34. The molecule has 0 saturated carbocycles. The molecule has 0 amide bonds. The topological polar surface area (TPSA) is 59.9 Å². The molecule has 0 spiro atoms. The molecule has 0 atom stereocenters. The average Bonchev–Trinajstić information content (AvgIpc) is 1.88. The van der Waals surface area contributed by atoms with E-state index in [-0.39, 0.29) is 4.90 Å². The van der Waals surface area contributed by atoms with E-state index in [9.17, 15) is 8.42 Å². The lowest BCUT2D eigenvalue weighted by Gasteiger charge is -1.91. The predicted octanol–water partition coefficient (Wildman–Crippen LogP) is -0.320. The van der Waals surface area contributed by atoms with Gasteiger partial charge >= 0.3 is 0 Å². The summed E-state index contributed by atoms with van der Waals surface area (Å²) >= 11 is 0. The van der Waals surface area contributed by atoms with Gasteiger partial charge in [-0.25, -0.2) is 18.4 Å². The third kappa shape index (κ3) is 1.51. The van der Waals surface area contributed by atoms with E-state index in [4.69, 9.17) is 0 Å². The SMILES string of the molecule is CS(=O)(=O)c1cn[c]nc1. The molecule has 1 aromatic rings. The summed E-state index contributed by atoms with van der Waals surface area (Å²) < 4.78 is 21.5. The van der Waals surface area contributed by atoms with Gasteiger partial charge in [-0.05, 0) is 0 Å². The van der Waals surface area contributed by atoms with Gasteiger partial charge in [0.15, 0.2) is 16.2 Å². The molecule has 0 aliphatic carbocycles. The second-order valence-corrected chi connectivity index (χ2v) is 3.81. The lowest BCUT2D eigenvalue weighted by molar-refractivity contribution is 0.601. The maximum Gasteiger partial charge on any atom is 0.197 e. The first-order valence-electron chi connectivity index (χ1n) is 2.49. The van der Waals surface area contributed by atoms with Crippen molar-refractivity contribution in [2.24, 2.45) is 0 Å². The van der Waals surface area contributed by atoms with Gasteiger partial charge in [0.1, 0.15) is 4.90 Å². The van der Waals surface area contributed by atoms with Crippen LogP contribution in [0.15, 0.2) is 17.3 Å². The summed E-state index contributed by atoms with van der Waals surface area (Å²) in [5.41, 5.74) is 0. The second-order valence-electron chi connectivity index (χ2n) is 1.79. The highest BCUT2D eigenvalue weighted by Crippen LogP contribution is 2.01. The lowest BCUT2D eigenvalue weighted by Crippen LogP contribution is -1.97. The molecule has 0 aromatic carbocycles. The molecule has 0 N–H and O–H groups in total. The smallest absolute Gasteiger partial charge is 0.197 e. The molecule has 4 nitrogen and oxygen atoms in total. The fourth-order valence-corrected chi connectivity index (χ4v) is 0.931. The van der Waals surface area contributed by atoms with Crippen LogP contribution in [0, 0.1) is 6.33 Å². The van der Waals surface area contributed by atoms with Crippen molar-refractivity contribution < 1.29 is 8.42 Å². The average molecular weight is 157 g/mol. The Hall–Kier alpha value is -0.970. The standard InChI is InChI=1S/C5H5N2O2S/c1-10(8,9)5-2-6-4-7-3-5/h2-3H,1H3. The van der Waals surface area contributed by atoms with E-state index in [2.05, 4.69) is 16.3 Å². The zero-order valence-electron chi connectivity index (χ0n) is 5.27. The molecule has 0 unspecified atom stereocenters. The van der Waals surface area contributed by atoms with Crippen LogP contribution in [0.25, 0.3) is 0 Å². The molecular weight excluding hydrogens is 152 g/mol. The Balaban J connectivity index is 3.22. The molecule has 53 valence electrons. The zero-order chi connectivity index (χ0) is 7.61. The van der Waals surface area contributed by atoms with Crippen molar-refractivity contribution in [1.82, 2.24) is 9.97 Å². The Bertz CT molecular complexity index is 306. The maximum absolute atomic E-state index is 10.7. The van der Waals surface area contributed by atoms with E-state index in [0.29, 0.717) is 0 Å². The molecule has 0 saturated heterocycles. The molecular formula is C5H5N2O2S. The highest BCUT2D eigenvalue weighted by Gasteiger charge is 2.05. The summed E-state index contributed by atoms with van der Waals surface area (Å²) in [4.78, 5) is 6.99. The van der Waals surface area contributed by atoms with Crippen molar-refractivity contribution in [3.63, 3.8) is 0 Å². The quantitative estimate of drug-likeness (QED) is 0.560. The molecule has 0 bridgehead atoms. The van der Waals surface area contributed by atoms with Crippen molar-refractivity contribution in [1.29, 1.82) is 0 Å². The maximum atomic E-state index is 10.7. The third-order valence-corrected chi connectivity index (χ3v) is 1.99. The summed E-state index contributed by atoms with van der Waals surface area (Å²) in [7, 11) is -3.15. The zero-order valence-corrected chi connectivity index (χ0v) is 6.09. The Kier molecular flexibility index (Phi) is 1.67. The first kappa shape index (κ1) is 7.14. The minimum absolute atomic E-state index is 0.117. The van der Waals surface area contributed by atoms with E-state index in [1.165, 1.54) is 12.4 Å². The van der Waals surface area contributed by atoms with Gasteiger partial charge in [0.25, 0.3) is 0 Å². The van der Waals surface area contributed by atoms with Crippen LogP contribution in [0.3, 0.4) is 0 Å². The Morgan fingerprint density at radius 1 is 1.40 bits per heavy atom. The Morgan fingerprint density at radius 2 is 1.90 bits per heavy atom. The molecule has 1 rings (SSSR count). The monoisotopic (exact) mass is 157 g/mol. The van der Waals surface area contributed by atoms with E-state index in [0.717, 1.165) is 6.26 Å². The highest BCUT2D eigenvalue weighted by atomic mass is 32.2. The molecule has 10 heavy (non-hydrogen) atoms. The minimum Gasteiger partial charge on any atom is -0.232 e. The van der Waals surface area contributed by atoms with Crippen LogP contribution in [-0.2, 0) is 9.84 Å². The Morgan fingerprint density at radius 3 is 2.20 bits per heavy atom. The van der Waals surface area contributed by atoms with Gasteiger partial charge < -0.3 is 0 Å². The van der Waals surface area contributed by atoms with Gasteiger partial charge in [-0.3, -0.25) is 0 Å². The molecule has 1 aromatic heterocycles. The summed E-state index contributed by atoms with van der Waals surface area (Å²) in [6.45, 7) is 0. The number of hydrogen-bond acceptors (Lipinski definition) is 4. The van der Waals surface area contributed by atoms with Crippen LogP contribution in [0.4, 0.5) is 0 Å². The first-order chi connectivity index (χ1) is 4.61. The van der Waals surface area contributed by atoms with E-state index in [1.807, 2.05) is 0 Å². The van der Waals surface area contributed by atoms with Crippen molar-refractivity contribution >= 4 is 9.84 Å². The van der Waals surface area contributed by atoms with Crippen LogP contribution in [0.5, 0.6) is 0 Å². The number of sulfone groups is 1. The normalized spacial score (nSPS) is 11.3. The third-order valence-electron chi connectivity index (χ3n) is 0.927. The van der Waals surface area contributed by atoms with Gasteiger partial charge in [0.05, 0.1) is 0 Å². The van der Waals surface area contributed by atoms with Crippen LogP contribution < -0.4 is 0 Å². The van der Waals surface area contributed by atoms with Crippen LogP contribution in [-0.4, -0.2) is 24.6 Å². The first-order valence-corrected chi connectivity index (χ1v) is 4.38. The molecule has 0 aliphatic rings. The Labute approximate surface area is 58.9 Å². The van der Waals surface area contributed by atoms with Crippen LogP contribution in [0.2, 0.25) is 0 Å². The summed E-state index contributed by atoms with van der Waals surface area (Å²) in [5, 5.41) is 0. The largest absolute Gasteiger partial charge is 0.232 e. The van der Waals surface area contributed by atoms with E-state index >= 15 is 0 Å². The minimum atomic E-state index is -3.15. The number of aromatic nitrogens is 2. The predicted molar refractivity (Wildman–Crippen MR) is 34.0 cm³/mol. The van der Waals surface area contributed by atoms with Gasteiger partial charge in [-0.15, -0.1) is 0 Å². The number of nitrogens with zero attached hydrogens (tertiary/aromatic N) is 2. The van der Waals surface area contributed by atoms with Gasteiger partial charge in [-0.2, -0.15) is 0 Å². The highest BCUT2D eigenvalue weighted by molar-refractivity contribution is 7.90. The molecule has 0 aliphatic heterocycles. The molecule has 1 radical (unpaired) electrons. The van der Waals surface area contributed by atoms with Crippen molar-refractivity contribution in [2.75, 3.05) is 6.26 Å². The van der Waals surface area contributed by atoms with Crippen LogP contribution in [0.1, 0.15) is 0 Å². The fourth-order valence-electron chi connectivity index (χ4n) is 0.443. The fraction of sp³-hybridized carbons (Fsp3) is 0.200. The van der Waals surface area contributed by atoms with E-state index in [1.54, 1.807) is 0 Å².